The van der Waals surface area contributed by atoms with Gasteiger partial charge in [0.15, 0.2) is 0 Å². The molecule has 0 saturated carbocycles. The van der Waals surface area contributed by atoms with Gasteiger partial charge in [-0.2, -0.15) is 0 Å². The van der Waals surface area contributed by atoms with Crippen LogP contribution in [0.1, 0.15) is 25.8 Å². The standard InChI is InChI=1S/C18H22BrNO2/c1-3-14(2)8-9-21-17-6-4-15(5-7-17)13-22-18-10-16(19)11-20-12-18/h3-7,10-11,18H,8-9,12-13H2,1-2H3/b14-3+. The lowest BCUT2D eigenvalue weighted by atomic mass is 10.2. The molecule has 4 heteroatoms. The molecular formula is C18H22BrNO2. The lowest BCUT2D eigenvalue weighted by Crippen LogP contribution is -2.17. The molecular weight excluding hydrogens is 342 g/mol. The minimum atomic E-state index is 0.0408. The fraction of sp³-hybridized carbons (Fsp3) is 0.389. The highest BCUT2D eigenvalue weighted by atomic mass is 79.9. The SMILES string of the molecule is C/C=C(\C)CCOc1ccc(COC2C=C(Br)C=NC2)cc1. The first kappa shape index (κ1) is 17.0. The van der Waals surface area contributed by atoms with E-state index in [1.165, 1.54) is 5.57 Å². The highest BCUT2D eigenvalue weighted by Gasteiger charge is 2.09. The minimum Gasteiger partial charge on any atom is -0.493 e. The van der Waals surface area contributed by atoms with Crippen LogP contribution in [0.5, 0.6) is 5.75 Å². The summed E-state index contributed by atoms with van der Waals surface area (Å²) in [6.45, 7) is 6.14. The van der Waals surface area contributed by atoms with Crippen LogP contribution < -0.4 is 4.74 Å². The van der Waals surface area contributed by atoms with Crippen LogP contribution in [0.2, 0.25) is 0 Å². The number of hydrogen-bond donors (Lipinski definition) is 0. The van der Waals surface area contributed by atoms with Crippen molar-refractivity contribution in [3.8, 4) is 5.75 Å². The third kappa shape index (κ3) is 5.78. The monoisotopic (exact) mass is 363 g/mol. The summed E-state index contributed by atoms with van der Waals surface area (Å²) in [6, 6.07) is 8.08. The van der Waals surface area contributed by atoms with Gasteiger partial charge in [0.25, 0.3) is 0 Å². The van der Waals surface area contributed by atoms with Gasteiger partial charge < -0.3 is 9.47 Å². The number of nitrogens with zero attached hydrogens (tertiary/aromatic N) is 1. The van der Waals surface area contributed by atoms with Crippen molar-refractivity contribution in [2.24, 2.45) is 4.99 Å². The molecule has 1 heterocycles. The highest BCUT2D eigenvalue weighted by Crippen LogP contribution is 2.16. The molecule has 1 atom stereocenters. The number of hydrogen-bond acceptors (Lipinski definition) is 3. The number of allylic oxidation sites excluding steroid dienone is 2. The second kappa shape index (κ2) is 8.91. The van der Waals surface area contributed by atoms with Crippen LogP contribution >= 0.6 is 15.9 Å². The third-order valence-corrected chi connectivity index (χ3v) is 3.96. The quantitative estimate of drug-likeness (QED) is 0.659. The number of halogens is 1. The van der Waals surface area contributed by atoms with Crippen LogP contribution in [0.3, 0.4) is 0 Å². The largest absolute Gasteiger partial charge is 0.493 e. The van der Waals surface area contributed by atoms with Crippen molar-refractivity contribution in [2.45, 2.75) is 33.0 Å². The molecule has 1 aromatic rings. The lowest BCUT2D eigenvalue weighted by molar-refractivity contribution is 0.0772. The number of rotatable bonds is 7. The van der Waals surface area contributed by atoms with E-state index in [0.29, 0.717) is 19.8 Å². The first-order valence-electron chi connectivity index (χ1n) is 7.49. The average Bonchev–Trinajstić information content (AvgIpc) is 2.54. The van der Waals surface area contributed by atoms with Crippen molar-refractivity contribution >= 4 is 22.1 Å². The fourth-order valence-corrected chi connectivity index (χ4v) is 2.42. The summed E-state index contributed by atoms with van der Waals surface area (Å²) in [5.74, 6) is 0.901. The Morgan fingerprint density at radius 2 is 2.14 bits per heavy atom. The molecule has 1 aliphatic rings. The van der Waals surface area contributed by atoms with Crippen LogP contribution in [0.15, 0.2) is 51.5 Å². The van der Waals surface area contributed by atoms with Crippen LogP contribution in [0.4, 0.5) is 0 Å². The predicted molar refractivity (Wildman–Crippen MR) is 94.9 cm³/mol. The van der Waals surface area contributed by atoms with E-state index in [1.807, 2.05) is 30.3 Å². The predicted octanol–water partition coefficient (Wildman–Crippen LogP) is 4.67. The molecule has 0 fully saturated rings. The molecule has 0 saturated heterocycles. The van der Waals surface area contributed by atoms with Crippen molar-refractivity contribution in [3.05, 3.63) is 52.0 Å². The third-order valence-electron chi connectivity index (χ3n) is 3.49. The molecule has 3 nitrogen and oxygen atoms in total. The Kier molecular flexibility index (Phi) is 6.87. The van der Waals surface area contributed by atoms with E-state index in [2.05, 4.69) is 40.8 Å². The Balaban J connectivity index is 1.76. The molecule has 1 aliphatic heterocycles. The first-order chi connectivity index (χ1) is 10.7. The molecule has 22 heavy (non-hydrogen) atoms. The molecule has 0 amide bonds. The zero-order valence-electron chi connectivity index (χ0n) is 13.1. The Morgan fingerprint density at radius 3 is 2.82 bits per heavy atom. The molecule has 118 valence electrons. The van der Waals surface area contributed by atoms with Gasteiger partial charge in [0, 0.05) is 17.1 Å². The number of ether oxygens (including phenoxy) is 2. The maximum atomic E-state index is 5.84. The van der Waals surface area contributed by atoms with E-state index in [9.17, 15) is 0 Å². The van der Waals surface area contributed by atoms with E-state index in [0.717, 1.165) is 22.2 Å². The van der Waals surface area contributed by atoms with Crippen molar-refractivity contribution in [1.29, 1.82) is 0 Å². The average molecular weight is 364 g/mol. The molecule has 0 bridgehead atoms. The summed E-state index contributed by atoms with van der Waals surface area (Å²) in [4.78, 5) is 4.23. The lowest BCUT2D eigenvalue weighted by Gasteiger charge is -2.15. The zero-order valence-corrected chi connectivity index (χ0v) is 14.7. The van der Waals surface area contributed by atoms with Gasteiger partial charge >= 0.3 is 0 Å². The van der Waals surface area contributed by atoms with Crippen LogP contribution in [0, 0.1) is 0 Å². The molecule has 0 spiro atoms. The first-order valence-corrected chi connectivity index (χ1v) is 8.29. The van der Waals surface area contributed by atoms with E-state index in [-0.39, 0.29) is 6.10 Å². The van der Waals surface area contributed by atoms with Gasteiger partial charge in [-0.1, -0.05) is 23.8 Å². The molecule has 2 rings (SSSR count). The van der Waals surface area contributed by atoms with E-state index >= 15 is 0 Å². The van der Waals surface area contributed by atoms with Crippen molar-refractivity contribution in [1.82, 2.24) is 0 Å². The van der Waals surface area contributed by atoms with Crippen molar-refractivity contribution < 1.29 is 9.47 Å². The normalized spacial score (nSPS) is 18.2. The Morgan fingerprint density at radius 1 is 1.36 bits per heavy atom. The van der Waals surface area contributed by atoms with Crippen molar-refractivity contribution in [3.63, 3.8) is 0 Å². The molecule has 0 N–H and O–H groups in total. The summed E-state index contributed by atoms with van der Waals surface area (Å²) >= 11 is 3.42. The number of dihydropyridines is 1. The summed E-state index contributed by atoms with van der Waals surface area (Å²) in [5, 5.41) is 0. The molecule has 0 aromatic heterocycles. The smallest absolute Gasteiger partial charge is 0.119 e. The summed E-state index contributed by atoms with van der Waals surface area (Å²) < 4.78 is 12.5. The topological polar surface area (TPSA) is 30.8 Å². The summed E-state index contributed by atoms with van der Waals surface area (Å²) in [6.07, 6.45) is 6.96. The van der Waals surface area contributed by atoms with Gasteiger partial charge in [-0.25, -0.2) is 0 Å². The number of aliphatic imine (C=N–C) groups is 1. The maximum Gasteiger partial charge on any atom is 0.119 e. The second-order valence-electron chi connectivity index (χ2n) is 5.27. The summed E-state index contributed by atoms with van der Waals surface area (Å²) in [7, 11) is 0. The van der Waals surface area contributed by atoms with E-state index in [4.69, 9.17) is 9.47 Å². The van der Waals surface area contributed by atoms with E-state index < -0.39 is 0 Å². The van der Waals surface area contributed by atoms with Gasteiger partial charge in [0.2, 0.25) is 0 Å². The van der Waals surface area contributed by atoms with Gasteiger partial charge in [0.05, 0.1) is 25.9 Å². The van der Waals surface area contributed by atoms with Gasteiger partial charge in [-0.05, 0) is 53.5 Å². The van der Waals surface area contributed by atoms with Gasteiger partial charge in [-0.3, -0.25) is 4.99 Å². The molecule has 1 aromatic carbocycles. The van der Waals surface area contributed by atoms with E-state index in [1.54, 1.807) is 6.21 Å². The Hall–Kier alpha value is -1.39. The molecule has 0 aliphatic carbocycles. The number of benzene rings is 1. The second-order valence-corrected chi connectivity index (χ2v) is 6.19. The summed E-state index contributed by atoms with van der Waals surface area (Å²) in [5.41, 5.74) is 2.48. The fourth-order valence-electron chi connectivity index (χ4n) is 1.98. The highest BCUT2D eigenvalue weighted by molar-refractivity contribution is 9.12. The molecule has 0 radical (unpaired) electrons. The Bertz CT molecular complexity index is 561. The van der Waals surface area contributed by atoms with Crippen LogP contribution in [-0.2, 0) is 11.3 Å². The van der Waals surface area contributed by atoms with Crippen LogP contribution in [0.25, 0.3) is 0 Å². The zero-order chi connectivity index (χ0) is 15.8. The van der Waals surface area contributed by atoms with Crippen LogP contribution in [-0.4, -0.2) is 25.5 Å². The molecule has 1 unspecified atom stereocenters. The Labute approximate surface area is 140 Å². The maximum absolute atomic E-state index is 5.84. The van der Waals surface area contributed by atoms with Gasteiger partial charge in [-0.15, -0.1) is 0 Å². The van der Waals surface area contributed by atoms with Crippen molar-refractivity contribution in [2.75, 3.05) is 13.2 Å². The minimum absolute atomic E-state index is 0.0408. The van der Waals surface area contributed by atoms with Gasteiger partial charge in [0.1, 0.15) is 5.75 Å².